The van der Waals surface area contributed by atoms with E-state index in [1.54, 1.807) is 0 Å². The zero-order valence-corrected chi connectivity index (χ0v) is 16.9. The molecule has 1 aromatic heterocycles. The second kappa shape index (κ2) is 8.74. The lowest BCUT2D eigenvalue weighted by Gasteiger charge is -2.34. The summed E-state index contributed by atoms with van der Waals surface area (Å²) in [4.78, 5) is 24.2. The molecular weight excluding hydrogens is 338 g/mol. The highest BCUT2D eigenvalue weighted by Crippen LogP contribution is 2.31. The van der Waals surface area contributed by atoms with E-state index in [-0.39, 0.29) is 0 Å². The lowest BCUT2D eigenvalue weighted by Crippen LogP contribution is -2.44. The van der Waals surface area contributed by atoms with Gasteiger partial charge in [-0.25, -0.2) is 4.98 Å². The van der Waals surface area contributed by atoms with Gasteiger partial charge in [0.1, 0.15) is 5.82 Å². The van der Waals surface area contributed by atoms with E-state index in [4.69, 9.17) is 0 Å². The van der Waals surface area contributed by atoms with Gasteiger partial charge in [0, 0.05) is 51.0 Å². The van der Waals surface area contributed by atoms with Crippen molar-refractivity contribution < 1.29 is 4.79 Å². The van der Waals surface area contributed by atoms with E-state index < -0.39 is 0 Å². The molecule has 3 fully saturated rings. The normalized spacial score (nSPS) is 24.0. The third kappa shape index (κ3) is 4.72. The molecule has 27 heavy (non-hydrogen) atoms. The van der Waals surface area contributed by atoms with Crippen LogP contribution in [0.4, 0.5) is 0 Å². The maximum absolute atomic E-state index is 12.8. The Kier molecular flexibility index (Phi) is 6.13. The zero-order valence-electron chi connectivity index (χ0n) is 16.9. The first-order valence-electron chi connectivity index (χ1n) is 10.9. The maximum Gasteiger partial charge on any atom is 0.236 e. The van der Waals surface area contributed by atoms with Crippen LogP contribution < -0.4 is 0 Å². The average molecular weight is 374 g/mol. The largest absolute Gasteiger partial charge is 0.342 e. The summed E-state index contributed by atoms with van der Waals surface area (Å²) in [6, 6.07) is 0. The van der Waals surface area contributed by atoms with Crippen LogP contribution in [0.25, 0.3) is 0 Å². The van der Waals surface area contributed by atoms with Crippen LogP contribution in [0.15, 0.2) is 12.4 Å². The Morgan fingerprint density at radius 3 is 2.59 bits per heavy atom. The van der Waals surface area contributed by atoms with Crippen molar-refractivity contribution in [3.05, 3.63) is 18.2 Å². The molecule has 0 aromatic carbocycles. The Morgan fingerprint density at radius 1 is 1.04 bits per heavy atom. The number of hydrogen-bond donors (Lipinski definition) is 0. The minimum absolute atomic E-state index is 0.316. The summed E-state index contributed by atoms with van der Waals surface area (Å²) in [5.41, 5.74) is 0. The molecular formula is C21H35N5O. The van der Waals surface area contributed by atoms with Crippen molar-refractivity contribution in [2.24, 2.45) is 5.92 Å². The molecule has 2 aliphatic heterocycles. The molecule has 1 amide bonds. The third-order valence-electron chi connectivity index (χ3n) is 6.81. The fraction of sp³-hybridized carbons (Fsp3) is 0.810. The topological polar surface area (TPSA) is 44.6 Å². The molecule has 0 N–H and O–H groups in total. The van der Waals surface area contributed by atoms with Gasteiger partial charge in [-0.15, -0.1) is 0 Å². The van der Waals surface area contributed by atoms with Crippen LogP contribution in [-0.2, 0) is 11.3 Å². The summed E-state index contributed by atoms with van der Waals surface area (Å²) >= 11 is 0. The SMILES string of the molecule is CN1CCCN(CC(=O)N2CCC(c3nccn3CC3CCC3)CC2)CC1. The quantitative estimate of drug-likeness (QED) is 0.792. The molecule has 4 rings (SSSR count). The second-order valence-electron chi connectivity index (χ2n) is 8.82. The average Bonchev–Trinajstić information content (AvgIpc) is 3.01. The van der Waals surface area contributed by atoms with E-state index in [0.717, 1.165) is 71.0 Å². The molecule has 3 aliphatic rings. The van der Waals surface area contributed by atoms with Crippen LogP contribution in [0.1, 0.15) is 50.3 Å². The summed E-state index contributed by atoms with van der Waals surface area (Å²) in [5.74, 6) is 2.93. The van der Waals surface area contributed by atoms with Gasteiger partial charge < -0.3 is 14.4 Å². The number of carbonyl (C=O) groups excluding carboxylic acids is 1. The van der Waals surface area contributed by atoms with Crippen LogP contribution in [-0.4, -0.2) is 83.0 Å². The van der Waals surface area contributed by atoms with Crippen LogP contribution in [0, 0.1) is 5.92 Å². The molecule has 6 nitrogen and oxygen atoms in total. The van der Waals surface area contributed by atoms with Crippen LogP contribution in [0.3, 0.4) is 0 Å². The van der Waals surface area contributed by atoms with Crippen molar-refractivity contribution in [1.82, 2.24) is 24.3 Å². The Morgan fingerprint density at radius 2 is 1.85 bits per heavy atom. The van der Waals surface area contributed by atoms with Gasteiger partial charge in [0.15, 0.2) is 0 Å². The lowest BCUT2D eigenvalue weighted by atomic mass is 9.85. The van der Waals surface area contributed by atoms with E-state index in [0.29, 0.717) is 18.4 Å². The molecule has 0 spiro atoms. The molecule has 0 atom stereocenters. The van der Waals surface area contributed by atoms with E-state index in [1.807, 2.05) is 6.20 Å². The fourth-order valence-corrected chi connectivity index (χ4v) is 4.73. The standard InChI is InChI=1S/C21H35N5O/c1-23-9-3-10-24(15-14-23)17-20(27)25-11-6-19(7-12-25)21-22-8-13-26(21)16-18-4-2-5-18/h8,13,18-19H,2-7,9-12,14-17H2,1H3. The molecule has 1 aliphatic carbocycles. The number of hydrogen-bond acceptors (Lipinski definition) is 4. The number of aromatic nitrogens is 2. The smallest absolute Gasteiger partial charge is 0.236 e. The van der Waals surface area contributed by atoms with Gasteiger partial charge >= 0.3 is 0 Å². The highest BCUT2D eigenvalue weighted by molar-refractivity contribution is 5.78. The summed E-state index contributed by atoms with van der Waals surface area (Å²) in [6.45, 7) is 7.76. The van der Waals surface area contributed by atoms with Gasteiger partial charge in [-0.1, -0.05) is 6.42 Å². The molecule has 0 unspecified atom stereocenters. The zero-order chi connectivity index (χ0) is 18.6. The summed E-state index contributed by atoms with van der Waals surface area (Å²) in [5, 5.41) is 0. The van der Waals surface area contributed by atoms with Crippen molar-refractivity contribution in [1.29, 1.82) is 0 Å². The van der Waals surface area contributed by atoms with Crippen molar-refractivity contribution in [3.63, 3.8) is 0 Å². The first-order chi connectivity index (χ1) is 13.2. The Balaban J connectivity index is 1.26. The van der Waals surface area contributed by atoms with Crippen molar-refractivity contribution in [2.45, 2.75) is 51.0 Å². The van der Waals surface area contributed by atoms with Gasteiger partial charge in [0.25, 0.3) is 0 Å². The van der Waals surface area contributed by atoms with E-state index >= 15 is 0 Å². The van der Waals surface area contributed by atoms with Gasteiger partial charge in [0.2, 0.25) is 5.91 Å². The van der Waals surface area contributed by atoms with Crippen LogP contribution >= 0.6 is 0 Å². The predicted octanol–water partition coefficient (Wildman–Crippen LogP) is 2.03. The lowest BCUT2D eigenvalue weighted by molar-refractivity contribution is -0.133. The third-order valence-corrected chi connectivity index (χ3v) is 6.81. The van der Waals surface area contributed by atoms with Crippen molar-refractivity contribution in [3.8, 4) is 0 Å². The van der Waals surface area contributed by atoms with Crippen LogP contribution in [0.5, 0.6) is 0 Å². The minimum atomic E-state index is 0.316. The van der Waals surface area contributed by atoms with E-state index in [2.05, 4.69) is 37.5 Å². The number of rotatable bonds is 5. The van der Waals surface area contributed by atoms with Crippen LogP contribution in [0.2, 0.25) is 0 Å². The molecule has 3 heterocycles. The van der Waals surface area contributed by atoms with Crippen molar-refractivity contribution >= 4 is 5.91 Å². The molecule has 2 saturated heterocycles. The molecule has 150 valence electrons. The first-order valence-corrected chi connectivity index (χ1v) is 10.9. The highest BCUT2D eigenvalue weighted by atomic mass is 16.2. The number of amides is 1. The molecule has 1 saturated carbocycles. The fourth-order valence-electron chi connectivity index (χ4n) is 4.73. The second-order valence-corrected chi connectivity index (χ2v) is 8.82. The van der Waals surface area contributed by atoms with Gasteiger partial charge in [-0.3, -0.25) is 9.69 Å². The van der Waals surface area contributed by atoms with Gasteiger partial charge in [0.05, 0.1) is 6.54 Å². The summed E-state index contributed by atoms with van der Waals surface area (Å²) in [7, 11) is 2.17. The van der Waals surface area contributed by atoms with Gasteiger partial charge in [-0.2, -0.15) is 0 Å². The predicted molar refractivity (Wildman–Crippen MR) is 107 cm³/mol. The molecule has 6 heteroatoms. The highest BCUT2D eigenvalue weighted by Gasteiger charge is 2.28. The number of nitrogens with zero attached hydrogens (tertiary/aromatic N) is 5. The monoisotopic (exact) mass is 373 g/mol. The number of imidazole rings is 1. The van der Waals surface area contributed by atoms with E-state index in [9.17, 15) is 4.79 Å². The molecule has 0 bridgehead atoms. The Hall–Kier alpha value is -1.40. The molecule has 0 radical (unpaired) electrons. The summed E-state index contributed by atoms with van der Waals surface area (Å²) in [6.07, 6.45) is 11.5. The van der Waals surface area contributed by atoms with Gasteiger partial charge in [-0.05, 0) is 58.2 Å². The van der Waals surface area contributed by atoms with Crippen molar-refractivity contribution in [2.75, 3.05) is 52.9 Å². The molecule has 1 aromatic rings. The van der Waals surface area contributed by atoms with E-state index in [1.165, 1.54) is 25.1 Å². The number of likely N-dealkylation sites (N-methyl/N-ethyl adjacent to an activating group) is 1. The first kappa shape index (κ1) is 18.9. The maximum atomic E-state index is 12.8. The number of carbonyl (C=O) groups is 1. The minimum Gasteiger partial charge on any atom is -0.342 e. The Bertz CT molecular complexity index is 618. The number of likely N-dealkylation sites (tertiary alicyclic amines) is 1. The number of piperidine rings is 1. The summed E-state index contributed by atoms with van der Waals surface area (Å²) < 4.78 is 2.39. The Labute approximate surface area is 163 Å².